The standard InChI is InChI=1S/C12H11FN2OS/c1-8(9-2-4-10(13)5-3-9)15-12(16)11-6-17-7-14-11/h2-8H,1H3,(H,15,16). The van der Waals surface area contributed by atoms with Gasteiger partial charge < -0.3 is 5.32 Å². The van der Waals surface area contributed by atoms with E-state index in [0.717, 1.165) is 5.56 Å². The highest BCUT2D eigenvalue weighted by atomic mass is 32.1. The summed E-state index contributed by atoms with van der Waals surface area (Å²) in [5.41, 5.74) is 2.87. The summed E-state index contributed by atoms with van der Waals surface area (Å²) in [5, 5.41) is 4.49. The van der Waals surface area contributed by atoms with Gasteiger partial charge in [-0.3, -0.25) is 4.79 Å². The summed E-state index contributed by atoms with van der Waals surface area (Å²) in [4.78, 5) is 15.6. The predicted molar refractivity (Wildman–Crippen MR) is 64.4 cm³/mol. The van der Waals surface area contributed by atoms with Crippen LogP contribution in [0.25, 0.3) is 0 Å². The SMILES string of the molecule is CC(NC(=O)c1cscn1)c1ccc(F)cc1. The third-order valence-corrected chi connectivity index (χ3v) is 2.97. The van der Waals surface area contributed by atoms with Gasteiger partial charge in [-0.1, -0.05) is 12.1 Å². The normalized spacial score (nSPS) is 12.1. The van der Waals surface area contributed by atoms with Crippen LogP contribution in [0.2, 0.25) is 0 Å². The summed E-state index contributed by atoms with van der Waals surface area (Å²) in [6.45, 7) is 1.84. The van der Waals surface area contributed by atoms with Gasteiger partial charge >= 0.3 is 0 Å². The Bertz CT molecular complexity index is 496. The summed E-state index contributed by atoms with van der Waals surface area (Å²) in [7, 11) is 0. The number of thiazole rings is 1. The molecule has 0 aliphatic rings. The Labute approximate surface area is 102 Å². The Morgan fingerprint density at radius 1 is 1.41 bits per heavy atom. The van der Waals surface area contributed by atoms with Gasteiger partial charge in [0.1, 0.15) is 11.5 Å². The van der Waals surface area contributed by atoms with Crippen LogP contribution in [-0.4, -0.2) is 10.9 Å². The van der Waals surface area contributed by atoms with E-state index >= 15 is 0 Å². The molecule has 1 aromatic carbocycles. The zero-order chi connectivity index (χ0) is 12.3. The van der Waals surface area contributed by atoms with Crippen molar-refractivity contribution >= 4 is 17.2 Å². The number of rotatable bonds is 3. The van der Waals surface area contributed by atoms with Gasteiger partial charge in [0.05, 0.1) is 11.6 Å². The summed E-state index contributed by atoms with van der Waals surface area (Å²) in [6.07, 6.45) is 0. The molecule has 0 aliphatic heterocycles. The van der Waals surface area contributed by atoms with Gasteiger partial charge in [0.15, 0.2) is 0 Å². The molecule has 2 aromatic rings. The lowest BCUT2D eigenvalue weighted by Gasteiger charge is -2.13. The van der Waals surface area contributed by atoms with Crippen molar-refractivity contribution in [3.8, 4) is 0 Å². The first-order valence-corrected chi connectivity index (χ1v) is 6.05. The van der Waals surface area contributed by atoms with Gasteiger partial charge in [-0.25, -0.2) is 9.37 Å². The van der Waals surface area contributed by atoms with E-state index in [4.69, 9.17) is 0 Å². The van der Waals surface area contributed by atoms with Crippen molar-refractivity contribution < 1.29 is 9.18 Å². The fourth-order valence-electron chi connectivity index (χ4n) is 1.43. The smallest absolute Gasteiger partial charge is 0.271 e. The van der Waals surface area contributed by atoms with Crippen molar-refractivity contribution in [1.29, 1.82) is 0 Å². The number of nitrogens with zero attached hydrogens (tertiary/aromatic N) is 1. The van der Waals surface area contributed by atoms with E-state index in [1.54, 1.807) is 23.0 Å². The zero-order valence-corrected chi connectivity index (χ0v) is 10.00. The Morgan fingerprint density at radius 3 is 2.71 bits per heavy atom. The molecule has 5 heteroatoms. The Kier molecular flexibility index (Phi) is 3.49. The number of hydrogen-bond acceptors (Lipinski definition) is 3. The molecule has 0 aliphatic carbocycles. The minimum Gasteiger partial charge on any atom is -0.344 e. The molecule has 1 amide bonds. The maximum atomic E-state index is 12.7. The second kappa shape index (κ2) is 5.05. The number of benzene rings is 1. The van der Waals surface area contributed by atoms with Crippen LogP contribution in [0.5, 0.6) is 0 Å². The van der Waals surface area contributed by atoms with E-state index < -0.39 is 0 Å². The van der Waals surface area contributed by atoms with Crippen LogP contribution in [0.3, 0.4) is 0 Å². The molecule has 1 atom stereocenters. The monoisotopic (exact) mass is 250 g/mol. The lowest BCUT2D eigenvalue weighted by atomic mass is 10.1. The lowest BCUT2D eigenvalue weighted by molar-refractivity contribution is 0.0935. The lowest BCUT2D eigenvalue weighted by Crippen LogP contribution is -2.26. The summed E-state index contributed by atoms with van der Waals surface area (Å²) in [5.74, 6) is -0.505. The van der Waals surface area contributed by atoms with Crippen molar-refractivity contribution in [1.82, 2.24) is 10.3 Å². The minimum absolute atomic E-state index is 0.176. The van der Waals surface area contributed by atoms with Gasteiger partial charge in [-0.2, -0.15) is 0 Å². The van der Waals surface area contributed by atoms with Crippen LogP contribution in [0, 0.1) is 5.82 Å². The molecule has 0 spiro atoms. The highest BCUT2D eigenvalue weighted by Gasteiger charge is 2.12. The molecular formula is C12H11FN2OS. The number of carbonyl (C=O) groups is 1. The van der Waals surface area contributed by atoms with E-state index in [9.17, 15) is 9.18 Å². The van der Waals surface area contributed by atoms with Crippen LogP contribution < -0.4 is 5.32 Å². The molecule has 2 rings (SSSR count). The molecule has 1 N–H and O–H groups in total. The first-order chi connectivity index (χ1) is 8.16. The highest BCUT2D eigenvalue weighted by molar-refractivity contribution is 7.07. The predicted octanol–water partition coefficient (Wildman–Crippen LogP) is 2.77. The molecule has 1 heterocycles. The minimum atomic E-state index is -0.285. The van der Waals surface area contributed by atoms with E-state index in [1.165, 1.54) is 23.5 Å². The molecule has 3 nitrogen and oxygen atoms in total. The quantitative estimate of drug-likeness (QED) is 0.910. The second-order valence-corrected chi connectivity index (χ2v) is 4.34. The number of aromatic nitrogens is 1. The van der Waals surface area contributed by atoms with Crippen molar-refractivity contribution in [2.75, 3.05) is 0 Å². The average molecular weight is 250 g/mol. The van der Waals surface area contributed by atoms with Crippen LogP contribution in [-0.2, 0) is 0 Å². The van der Waals surface area contributed by atoms with Crippen molar-refractivity contribution in [2.24, 2.45) is 0 Å². The highest BCUT2D eigenvalue weighted by Crippen LogP contribution is 2.13. The summed E-state index contributed by atoms with van der Waals surface area (Å²) < 4.78 is 12.7. The van der Waals surface area contributed by atoms with Crippen LogP contribution in [0.15, 0.2) is 35.2 Å². The number of amides is 1. The molecule has 0 saturated carbocycles. The third kappa shape index (κ3) is 2.88. The van der Waals surface area contributed by atoms with Crippen LogP contribution >= 0.6 is 11.3 Å². The van der Waals surface area contributed by atoms with E-state index in [-0.39, 0.29) is 17.8 Å². The average Bonchev–Trinajstić information content (AvgIpc) is 2.83. The Hall–Kier alpha value is -1.75. The molecule has 0 fully saturated rings. The topological polar surface area (TPSA) is 42.0 Å². The fourth-order valence-corrected chi connectivity index (χ4v) is 1.96. The maximum absolute atomic E-state index is 12.7. The number of carbonyl (C=O) groups excluding carboxylic acids is 1. The van der Waals surface area contributed by atoms with Gasteiger partial charge in [0.25, 0.3) is 5.91 Å². The van der Waals surface area contributed by atoms with Gasteiger partial charge in [0.2, 0.25) is 0 Å². The largest absolute Gasteiger partial charge is 0.344 e. The van der Waals surface area contributed by atoms with Crippen LogP contribution in [0.1, 0.15) is 29.0 Å². The maximum Gasteiger partial charge on any atom is 0.271 e. The van der Waals surface area contributed by atoms with Crippen LogP contribution in [0.4, 0.5) is 4.39 Å². The first kappa shape index (κ1) is 11.7. The van der Waals surface area contributed by atoms with E-state index in [2.05, 4.69) is 10.3 Å². The molecule has 1 unspecified atom stereocenters. The number of halogens is 1. The molecule has 17 heavy (non-hydrogen) atoms. The molecule has 0 saturated heterocycles. The van der Waals surface area contributed by atoms with Gasteiger partial charge in [-0.15, -0.1) is 11.3 Å². The first-order valence-electron chi connectivity index (χ1n) is 5.11. The molecule has 0 radical (unpaired) electrons. The third-order valence-electron chi connectivity index (χ3n) is 2.38. The van der Waals surface area contributed by atoms with E-state index in [0.29, 0.717) is 5.69 Å². The fraction of sp³-hybridized carbons (Fsp3) is 0.167. The Balaban J connectivity index is 2.04. The second-order valence-electron chi connectivity index (χ2n) is 3.62. The zero-order valence-electron chi connectivity index (χ0n) is 9.18. The van der Waals surface area contributed by atoms with Gasteiger partial charge in [0, 0.05) is 5.38 Å². The van der Waals surface area contributed by atoms with Crippen molar-refractivity contribution in [3.05, 3.63) is 52.2 Å². The molecule has 88 valence electrons. The summed E-state index contributed by atoms with van der Waals surface area (Å²) in [6, 6.07) is 5.88. The number of hydrogen-bond donors (Lipinski definition) is 1. The van der Waals surface area contributed by atoms with Crippen molar-refractivity contribution in [3.63, 3.8) is 0 Å². The Morgan fingerprint density at radius 2 is 2.12 bits per heavy atom. The molecular weight excluding hydrogens is 239 g/mol. The molecule has 1 aromatic heterocycles. The van der Waals surface area contributed by atoms with Gasteiger partial charge in [-0.05, 0) is 24.6 Å². The number of nitrogens with one attached hydrogen (secondary N) is 1. The van der Waals surface area contributed by atoms with E-state index in [1.807, 2.05) is 6.92 Å². The van der Waals surface area contributed by atoms with Crippen molar-refractivity contribution in [2.45, 2.75) is 13.0 Å². The summed E-state index contributed by atoms with van der Waals surface area (Å²) >= 11 is 1.37. The molecule has 0 bridgehead atoms.